The summed E-state index contributed by atoms with van der Waals surface area (Å²) in [4.78, 5) is 4.19. The van der Waals surface area contributed by atoms with E-state index in [2.05, 4.69) is 10.3 Å². The highest BCUT2D eigenvalue weighted by molar-refractivity contribution is 7.53. The maximum absolute atomic E-state index is 12.1. The molecule has 0 aromatic carbocycles. The fourth-order valence-corrected chi connectivity index (χ4v) is 3.05. The van der Waals surface area contributed by atoms with Crippen molar-refractivity contribution in [1.82, 2.24) is 10.3 Å². The number of nitrogens with one attached hydrogen (secondary N) is 1. The number of rotatable bonds is 9. The molecular weight excluding hydrogens is 251 g/mol. The Labute approximate surface area is 108 Å². The van der Waals surface area contributed by atoms with Crippen LogP contribution in [0.1, 0.15) is 19.5 Å². The van der Waals surface area contributed by atoms with Gasteiger partial charge in [-0.3, -0.25) is 9.55 Å². The predicted molar refractivity (Wildman–Crippen MR) is 71.7 cm³/mol. The van der Waals surface area contributed by atoms with Crippen LogP contribution in [-0.4, -0.2) is 30.9 Å². The molecule has 0 aliphatic rings. The molecule has 0 aliphatic heterocycles. The Morgan fingerprint density at radius 2 is 2.00 bits per heavy atom. The average molecular weight is 272 g/mol. The quantitative estimate of drug-likeness (QED) is 0.552. The molecule has 0 aliphatic carbocycles. The van der Waals surface area contributed by atoms with Crippen LogP contribution in [0.25, 0.3) is 0 Å². The molecule has 1 heterocycles. The van der Waals surface area contributed by atoms with Gasteiger partial charge in [-0.1, -0.05) is 6.07 Å². The van der Waals surface area contributed by atoms with Gasteiger partial charge in [0.1, 0.15) is 0 Å². The molecule has 0 spiro atoms. The second-order valence-corrected chi connectivity index (χ2v) is 5.85. The third-order valence-corrected chi connectivity index (χ3v) is 4.32. The molecule has 0 saturated heterocycles. The lowest BCUT2D eigenvalue weighted by atomic mass is 10.3. The zero-order valence-electron chi connectivity index (χ0n) is 11.0. The Bertz CT molecular complexity index is 363. The number of pyridine rings is 1. The van der Waals surface area contributed by atoms with E-state index in [1.54, 1.807) is 6.20 Å². The molecule has 1 N–H and O–H groups in total. The highest BCUT2D eigenvalue weighted by atomic mass is 31.2. The lowest BCUT2D eigenvalue weighted by Gasteiger charge is -2.16. The first-order chi connectivity index (χ1) is 8.70. The highest BCUT2D eigenvalue weighted by Gasteiger charge is 2.22. The topological polar surface area (TPSA) is 60.5 Å². The standard InChI is InChI=1S/C12H21N2O3P/c1-3-16-18(15,17-4-2)10-9-13-11-12-7-5-6-8-14-12/h5-8,13H,3-4,9-11H2,1-2H3. The van der Waals surface area contributed by atoms with Gasteiger partial charge in [0.25, 0.3) is 0 Å². The summed E-state index contributed by atoms with van der Waals surface area (Å²) in [6.07, 6.45) is 2.13. The van der Waals surface area contributed by atoms with Crippen molar-refractivity contribution in [3.63, 3.8) is 0 Å². The van der Waals surface area contributed by atoms with Crippen molar-refractivity contribution in [3.8, 4) is 0 Å². The van der Waals surface area contributed by atoms with E-state index in [0.717, 1.165) is 5.69 Å². The molecule has 0 amide bonds. The van der Waals surface area contributed by atoms with E-state index in [1.165, 1.54) is 0 Å². The fraction of sp³-hybridized carbons (Fsp3) is 0.583. The lowest BCUT2D eigenvalue weighted by Crippen LogP contribution is -2.19. The van der Waals surface area contributed by atoms with E-state index < -0.39 is 7.60 Å². The summed E-state index contributed by atoms with van der Waals surface area (Å²) in [5, 5.41) is 3.18. The summed E-state index contributed by atoms with van der Waals surface area (Å²) in [7, 11) is -2.92. The van der Waals surface area contributed by atoms with Gasteiger partial charge in [-0.05, 0) is 26.0 Å². The Morgan fingerprint density at radius 3 is 2.56 bits per heavy atom. The smallest absolute Gasteiger partial charge is 0.311 e. The van der Waals surface area contributed by atoms with E-state index in [-0.39, 0.29) is 0 Å². The number of aromatic nitrogens is 1. The van der Waals surface area contributed by atoms with E-state index in [9.17, 15) is 4.57 Å². The average Bonchev–Trinajstić information content (AvgIpc) is 2.37. The normalized spacial score (nSPS) is 11.7. The fourth-order valence-electron chi connectivity index (χ4n) is 1.49. The zero-order chi connectivity index (χ0) is 13.3. The maximum atomic E-state index is 12.1. The zero-order valence-corrected chi connectivity index (χ0v) is 11.9. The molecular formula is C12H21N2O3P. The van der Waals surface area contributed by atoms with Crippen molar-refractivity contribution in [2.24, 2.45) is 0 Å². The predicted octanol–water partition coefficient (Wildman–Crippen LogP) is 2.44. The summed E-state index contributed by atoms with van der Waals surface area (Å²) in [5.41, 5.74) is 0.958. The van der Waals surface area contributed by atoms with Crippen LogP contribution < -0.4 is 5.32 Å². The SMILES string of the molecule is CCOP(=O)(CCNCc1ccccn1)OCC. The van der Waals surface area contributed by atoms with Crippen LogP contribution in [0, 0.1) is 0 Å². The van der Waals surface area contributed by atoms with Crippen molar-refractivity contribution >= 4 is 7.60 Å². The molecule has 5 nitrogen and oxygen atoms in total. The Balaban J connectivity index is 2.29. The molecule has 0 radical (unpaired) electrons. The minimum absolute atomic E-state index is 0.377. The Hall–Kier alpha value is -0.740. The third-order valence-electron chi connectivity index (χ3n) is 2.25. The van der Waals surface area contributed by atoms with Crippen LogP contribution in [0.5, 0.6) is 0 Å². The van der Waals surface area contributed by atoms with Gasteiger partial charge in [0, 0.05) is 19.3 Å². The van der Waals surface area contributed by atoms with Gasteiger partial charge >= 0.3 is 7.60 Å². The molecule has 18 heavy (non-hydrogen) atoms. The van der Waals surface area contributed by atoms with E-state index in [1.807, 2.05) is 32.0 Å². The van der Waals surface area contributed by atoms with Crippen molar-refractivity contribution in [2.45, 2.75) is 20.4 Å². The summed E-state index contributed by atoms with van der Waals surface area (Å²) in [5.74, 6) is 0. The third kappa shape index (κ3) is 5.74. The molecule has 0 bridgehead atoms. The first-order valence-corrected chi connectivity index (χ1v) is 7.91. The number of hydrogen-bond acceptors (Lipinski definition) is 5. The minimum atomic E-state index is -2.92. The highest BCUT2D eigenvalue weighted by Crippen LogP contribution is 2.47. The van der Waals surface area contributed by atoms with Gasteiger partial charge in [-0.2, -0.15) is 0 Å². The van der Waals surface area contributed by atoms with E-state index in [0.29, 0.717) is 32.5 Å². The molecule has 102 valence electrons. The summed E-state index contributed by atoms with van der Waals surface area (Å²) in [6, 6.07) is 5.76. The maximum Gasteiger partial charge on any atom is 0.331 e. The van der Waals surface area contributed by atoms with Gasteiger partial charge in [0.2, 0.25) is 0 Å². The summed E-state index contributed by atoms with van der Waals surface area (Å²) >= 11 is 0. The van der Waals surface area contributed by atoms with Crippen LogP contribution in [0.4, 0.5) is 0 Å². The largest absolute Gasteiger partial charge is 0.331 e. The lowest BCUT2D eigenvalue weighted by molar-refractivity contribution is 0.220. The van der Waals surface area contributed by atoms with Crippen LogP contribution in [0.2, 0.25) is 0 Å². The van der Waals surface area contributed by atoms with Gasteiger partial charge in [-0.25, -0.2) is 0 Å². The molecule has 1 aromatic rings. The molecule has 0 fully saturated rings. The Kier molecular flexibility index (Phi) is 7.13. The second-order valence-electron chi connectivity index (χ2n) is 3.67. The molecule has 0 unspecified atom stereocenters. The molecule has 1 aromatic heterocycles. The van der Waals surface area contributed by atoms with Crippen LogP contribution in [0.15, 0.2) is 24.4 Å². The molecule has 6 heteroatoms. The monoisotopic (exact) mass is 272 g/mol. The van der Waals surface area contributed by atoms with Crippen molar-refractivity contribution in [3.05, 3.63) is 30.1 Å². The molecule has 0 saturated carbocycles. The first kappa shape index (κ1) is 15.3. The minimum Gasteiger partial charge on any atom is -0.311 e. The first-order valence-electron chi connectivity index (χ1n) is 6.19. The molecule has 0 atom stereocenters. The Morgan fingerprint density at radius 1 is 1.28 bits per heavy atom. The van der Waals surface area contributed by atoms with E-state index in [4.69, 9.17) is 9.05 Å². The van der Waals surface area contributed by atoms with Crippen LogP contribution >= 0.6 is 7.60 Å². The van der Waals surface area contributed by atoms with Gasteiger partial charge in [0.05, 0.1) is 25.1 Å². The number of hydrogen-bond donors (Lipinski definition) is 1. The summed E-state index contributed by atoms with van der Waals surface area (Å²) in [6.45, 7) is 5.65. The van der Waals surface area contributed by atoms with Crippen LogP contribution in [0.3, 0.4) is 0 Å². The molecule has 1 rings (SSSR count). The van der Waals surface area contributed by atoms with Crippen molar-refractivity contribution in [1.29, 1.82) is 0 Å². The van der Waals surface area contributed by atoms with Crippen molar-refractivity contribution in [2.75, 3.05) is 25.9 Å². The van der Waals surface area contributed by atoms with Gasteiger partial charge in [-0.15, -0.1) is 0 Å². The van der Waals surface area contributed by atoms with Crippen LogP contribution in [-0.2, 0) is 20.2 Å². The van der Waals surface area contributed by atoms with E-state index >= 15 is 0 Å². The van der Waals surface area contributed by atoms with Crippen molar-refractivity contribution < 1.29 is 13.6 Å². The second kappa shape index (κ2) is 8.38. The van der Waals surface area contributed by atoms with Gasteiger partial charge in [0.15, 0.2) is 0 Å². The number of nitrogens with zero attached hydrogens (tertiary/aromatic N) is 1. The van der Waals surface area contributed by atoms with Gasteiger partial charge < -0.3 is 14.4 Å². The summed E-state index contributed by atoms with van der Waals surface area (Å²) < 4.78 is 22.5.